The third-order valence-electron chi connectivity index (χ3n) is 2.88. The smallest absolute Gasteiger partial charge is 0.186 e. The van der Waals surface area contributed by atoms with Crippen LogP contribution in [0.2, 0.25) is 0 Å². The number of unbranched alkanes of at least 4 members (excludes halogenated alkanes) is 1. The molecule has 1 saturated carbocycles. The number of nitrogens with one attached hydrogen (secondary N) is 2. The van der Waals surface area contributed by atoms with Crippen molar-refractivity contribution in [2.45, 2.75) is 52.4 Å². The van der Waals surface area contributed by atoms with Crippen LogP contribution in [0.3, 0.4) is 0 Å². The van der Waals surface area contributed by atoms with E-state index in [1.165, 1.54) is 25.0 Å². The zero-order valence-corrected chi connectivity index (χ0v) is 11.2. The summed E-state index contributed by atoms with van der Waals surface area (Å²) in [6, 6.07) is 0. The van der Waals surface area contributed by atoms with E-state index in [-0.39, 0.29) is 0 Å². The highest BCUT2D eigenvalue weighted by Gasteiger charge is 2.13. The van der Waals surface area contributed by atoms with Crippen LogP contribution in [0.4, 0.5) is 0 Å². The fourth-order valence-corrected chi connectivity index (χ4v) is 2.06. The van der Waals surface area contributed by atoms with E-state index in [1.807, 2.05) is 0 Å². The van der Waals surface area contributed by atoms with E-state index in [1.54, 1.807) is 0 Å². The molecule has 0 heterocycles. The normalized spacial score (nSPS) is 23.1. The summed E-state index contributed by atoms with van der Waals surface area (Å²) in [6.45, 7) is 5.39. The Balaban J connectivity index is 2.21. The second-order valence-corrected chi connectivity index (χ2v) is 5.01. The maximum Gasteiger partial charge on any atom is 0.186 e. The van der Waals surface area contributed by atoms with Gasteiger partial charge in [-0.1, -0.05) is 20.3 Å². The van der Waals surface area contributed by atoms with Crippen molar-refractivity contribution in [3.05, 3.63) is 0 Å². The maximum absolute atomic E-state index is 5.14. The van der Waals surface area contributed by atoms with Gasteiger partial charge in [-0.3, -0.25) is 5.43 Å². The molecule has 2 N–H and O–H groups in total. The zero-order valence-electron chi connectivity index (χ0n) is 10.4. The fourth-order valence-electron chi connectivity index (χ4n) is 1.91. The molecule has 1 aliphatic rings. The van der Waals surface area contributed by atoms with Crippen LogP contribution in [0.25, 0.3) is 0 Å². The van der Waals surface area contributed by atoms with E-state index in [0.717, 1.165) is 31.7 Å². The fraction of sp³-hybridized carbons (Fsp3) is 0.833. The first-order valence-electron chi connectivity index (χ1n) is 6.31. The molecule has 0 bridgehead atoms. The van der Waals surface area contributed by atoms with Crippen LogP contribution >= 0.6 is 12.2 Å². The molecule has 0 saturated heterocycles. The lowest BCUT2D eigenvalue weighted by Gasteiger charge is -2.19. The number of rotatable bonds is 4. The predicted octanol–water partition coefficient (Wildman–Crippen LogP) is 2.82. The molecule has 0 radical (unpaired) electrons. The summed E-state index contributed by atoms with van der Waals surface area (Å²) in [6.07, 6.45) is 7.16. The summed E-state index contributed by atoms with van der Waals surface area (Å²) in [7, 11) is 0. The van der Waals surface area contributed by atoms with E-state index < -0.39 is 0 Å². The Morgan fingerprint density at radius 3 is 3.06 bits per heavy atom. The van der Waals surface area contributed by atoms with Crippen molar-refractivity contribution in [1.82, 2.24) is 10.7 Å². The Hall–Kier alpha value is -0.640. The van der Waals surface area contributed by atoms with Gasteiger partial charge in [0, 0.05) is 12.3 Å². The van der Waals surface area contributed by atoms with Crippen LogP contribution < -0.4 is 10.7 Å². The van der Waals surface area contributed by atoms with Gasteiger partial charge in [0.2, 0.25) is 0 Å². The molecule has 16 heavy (non-hydrogen) atoms. The van der Waals surface area contributed by atoms with Crippen molar-refractivity contribution in [3.63, 3.8) is 0 Å². The van der Waals surface area contributed by atoms with Crippen molar-refractivity contribution < 1.29 is 0 Å². The van der Waals surface area contributed by atoms with Gasteiger partial charge >= 0.3 is 0 Å². The second-order valence-electron chi connectivity index (χ2n) is 4.60. The minimum Gasteiger partial charge on any atom is -0.361 e. The topological polar surface area (TPSA) is 36.4 Å². The molecule has 1 atom stereocenters. The van der Waals surface area contributed by atoms with Gasteiger partial charge in [-0.05, 0) is 50.2 Å². The van der Waals surface area contributed by atoms with Crippen LogP contribution in [0.1, 0.15) is 52.4 Å². The van der Waals surface area contributed by atoms with Crippen molar-refractivity contribution >= 4 is 23.0 Å². The summed E-state index contributed by atoms with van der Waals surface area (Å²) >= 11 is 5.14. The number of hydrogen-bond acceptors (Lipinski definition) is 2. The van der Waals surface area contributed by atoms with Gasteiger partial charge in [-0.15, -0.1) is 0 Å². The Morgan fingerprint density at radius 1 is 1.56 bits per heavy atom. The van der Waals surface area contributed by atoms with Crippen molar-refractivity contribution in [2.75, 3.05) is 6.54 Å². The van der Waals surface area contributed by atoms with Crippen molar-refractivity contribution in [1.29, 1.82) is 0 Å². The highest BCUT2D eigenvalue weighted by atomic mass is 32.1. The quantitative estimate of drug-likeness (QED) is 0.451. The molecule has 3 nitrogen and oxygen atoms in total. The van der Waals surface area contributed by atoms with Crippen molar-refractivity contribution in [3.8, 4) is 0 Å². The summed E-state index contributed by atoms with van der Waals surface area (Å²) in [5, 5.41) is 8.17. The van der Waals surface area contributed by atoms with E-state index in [9.17, 15) is 0 Å². The SMILES string of the molecule is CCCCNC(=S)N/N=C1/CCC[C@H](C)C1. The van der Waals surface area contributed by atoms with Crippen molar-refractivity contribution in [2.24, 2.45) is 11.0 Å². The number of nitrogens with zero attached hydrogens (tertiary/aromatic N) is 1. The summed E-state index contributed by atoms with van der Waals surface area (Å²) < 4.78 is 0. The molecule has 0 unspecified atom stereocenters. The third kappa shape index (κ3) is 5.45. The number of hydrogen-bond donors (Lipinski definition) is 2. The molecular weight excluding hydrogens is 218 g/mol. The Kier molecular flexibility index (Phi) is 6.38. The predicted molar refractivity (Wildman–Crippen MR) is 73.7 cm³/mol. The summed E-state index contributed by atoms with van der Waals surface area (Å²) in [5.74, 6) is 0.774. The van der Waals surface area contributed by atoms with Gasteiger partial charge in [0.1, 0.15) is 0 Å². The molecule has 0 spiro atoms. The lowest BCUT2D eigenvalue weighted by Crippen LogP contribution is -2.33. The van der Waals surface area contributed by atoms with E-state index in [2.05, 4.69) is 29.7 Å². The first kappa shape index (κ1) is 13.4. The molecule has 4 heteroatoms. The zero-order chi connectivity index (χ0) is 11.8. The molecule has 1 aliphatic carbocycles. The van der Waals surface area contributed by atoms with Crippen LogP contribution in [-0.4, -0.2) is 17.4 Å². The minimum atomic E-state index is 0.652. The molecule has 0 amide bonds. The lowest BCUT2D eigenvalue weighted by molar-refractivity contribution is 0.498. The average molecular weight is 241 g/mol. The van der Waals surface area contributed by atoms with E-state index in [4.69, 9.17) is 12.2 Å². The first-order chi connectivity index (χ1) is 7.72. The second kappa shape index (κ2) is 7.60. The third-order valence-corrected chi connectivity index (χ3v) is 3.11. The molecule has 92 valence electrons. The van der Waals surface area contributed by atoms with Crippen LogP contribution in [0.15, 0.2) is 5.10 Å². The molecule has 1 rings (SSSR count). The monoisotopic (exact) mass is 241 g/mol. The van der Waals surface area contributed by atoms with Crippen LogP contribution in [0, 0.1) is 5.92 Å². The number of thiocarbonyl (C=S) groups is 1. The van der Waals surface area contributed by atoms with Gasteiger partial charge in [0.05, 0.1) is 0 Å². The maximum atomic E-state index is 5.14. The standard InChI is InChI=1S/C12H23N3S/c1-3-4-8-13-12(16)15-14-11-7-5-6-10(2)9-11/h10H,3-9H2,1-2H3,(H2,13,15,16)/b14-11-/t10-/m0/s1. The average Bonchev–Trinajstić information content (AvgIpc) is 2.27. The van der Waals surface area contributed by atoms with Crippen LogP contribution in [0.5, 0.6) is 0 Å². The van der Waals surface area contributed by atoms with Gasteiger partial charge < -0.3 is 5.32 Å². The molecular formula is C12H23N3S. The van der Waals surface area contributed by atoms with Gasteiger partial charge in [-0.25, -0.2) is 0 Å². The highest BCUT2D eigenvalue weighted by molar-refractivity contribution is 7.80. The molecule has 1 fully saturated rings. The van der Waals surface area contributed by atoms with E-state index in [0.29, 0.717) is 5.11 Å². The number of hydrazone groups is 1. The summed E-state index contributed by atoms with van der Waals surface area (Å²) in [5.41, 5.74) is 4.20. The largest absolute Gasteiger partial charge is 0.361 e. The molecule has 0 aromatic heterocycles. The van der Waals surface area contributed by atoms with Gasteiger partial charge in [0.15, 0.2) is 5.11 Å². The Morgan fingerprint density at radius 2 is 2.38 bits per heavy atom. The highest BCUT2D eigenvalue weighted by Crippen LogP contribution is 2.20. The summed E-state index contributed by atoms with van der Waals surface area (Å²) in [4.78, 5) is 0. The lowest BCUT2D eigenvalue weighted by atomic mass is 9.89. The molecule has 0 aliphatic heterocycles. The molecule has 0 aromatic rings. The first-order valence-corrected chi connectivity index (χ1v) is 6.72. The van der Waals surface area contributed by atoms with Gasteiger partial charge in [0.25, 0.3) is 0 Å². The van der Waals surface area contributed by atoms with Crippen LogP contribution in [-0.2, 0) is 0 Å². The molecule has 0 aromatic carbocycles. The van der Waals surface area contributed by atoms with Gasteiger partial charge in [-0.2, -0.15) is 5.10 Å². The van der Waals surface area contributed by atoms with E-state index >= 15 is 0 Å². The Bertz CT molecular complexity index is 251. The minimum absolute atomic E-state index is 0.652. The Labute approximate surface area is 104 Å².